The van der Waals surface area contributed by atoms with Gasteiger partial charge in [-0.3, -0.25) is 4.79 Å². The smallest absolute Gasteiger partial charge is 0.387 e. The lowest BCUT2D eigenvalue weighted by atomic mass is 10.1. The summed E-state index contributed by atoms with van der Waals surface area (Å²) in [5.74, 6) is -1.82. The molecule has 1 aliphatic heterocycles. The summed E-state index contributed by atoms with van der Waals surface area (Å²) in [6.07, 6.45) is 0. The molecule has 156 valence electrons. The number of rotatable bonds is 5. The molecule has 0 atom stereocenters. The first kappa shape index (κ1) is 21.0. The monoisotopic (exact) mass is 415 g/mol. The molecule has 2 aromatic rings. The molecule has 3 rings (SSSR count). The van der Waals surface area contributed by atoms with E-state index in [4.69, 9.17) is 4.74 Å². The van der Waals surface area contributed by atoms with Crippen molar-refractivity contribution in [2.75, 3.05) is 11.9 Å². The van der Waals surface area contributed by atoms with Gasteiger partial charge in [-0.15, -0.1) is 0 Å². The van der Waals surface area contributed by atoms with Gasteiger partial charge in [0.1, 0.15) is 17.2 Å². The third-order valence-corrected chi connectivity index (χ3v) is 4.13. The highest BCUT2D eigenvalue weighted by molar-refractivity contribution is 6.26. The highest BCUT2D eigenvalue weighted by Gasteiger charge is 2.27. The first-order valence-electron chi connectivity index (χ1n) is 9.09. The van der Waals surface area contributed by atoms with E-state index in [9.17, 15) is 18.4 Å². The van der Waals surface area contributed by atoms with Crippen molar-refractivity contribution in [1.82, 2.24) is 5.32 Å². The van der Waals surface area contributed by atoms with Crippen LogP contribution in [0.5, 0.6) is 5.75 Å². The fourth-order valence-corrected chi connectivity index (χ4v) is 2.87. The van der Waals surface area contributed by atoms with Crippen LogP contribution in [0.25, 0.3) is 0 Å². The van der Waals surface area contributed by atoms with Gasteiger partial charge >= 0.3 is 12.6 Å². The van der Waals surface area contributed by atoms with Crippen molar-refractivity contribution < 1.29 is 27.8 Å². The Labute approximate surface area is 171 Å². The number of carbonyl (C=O) groups excluding carboxylic acids is 2. The highest BCUT2D eigenvalue weighted by atomic mass is 19.3. The summed E-state index contributed by atoms with van der Waals surface area (Å²) in [5, 5.41) is 5.62. The molecule has 0 unspecified atom stereocenters. The molecule has 0 spiro atoms. The maximum atomic E-state index is 12.9. The van der Waals surface area contributed by atoms with Crippen LogP contribution >= 0.6 is 0 Å². The number of ether oxygens (including phenoxy) is 2. The number of nitrogens with zero attached hydrogens (tertiary/aromatic N) is 1. The predicted octanol–water partition coefficient (Wildman–Crippen LogP) is 4.01. The first-order chi connectivity index (χ1) is 14.4. The van der Waals surface area contributed by atoms with Crippen molar-refractivity contribution >= 4 is 29.1 Å². The lowest BCUT2D eigenvalue weighted by Crippen LogP contribution is -2.35. The summed E-state index contributed by atoms with van der Waals surface area (Å²) in [4.78, 5) is 29.8. The van der Waals surface area contributed by atoms with E-state index < -0.39 is 18.5 Å². The Balaban J connectivity index is 2.03. The van der Waals surface area contributed by atoms with E-state index >= 15 is 0 Å². The number of nitrogens with one attached hydrogen (secondary N) is 2. The van der Waals surface area contributed by atoms with E-state index in [0.717, 1.165) is 0 Å². The highest BCUT2D eigenvalue weighted by Crippen LogP contribution is 2.30. The molecule has 0 radical (unpaired) electrons. The second-order valence-electron chi connectivity index (χ2n) is 6.15. The van der Waals surface area contributed by atoms with Crippen molar-refractivity contribution in [2.24, 2.45) is 4.99 Å². The number of amidine groups is 1. The maximum absolute atomic E-state index is 12.9. The van der Waals surface area contributed by atoms with Crippen molar-refractivity contribution in [3.8, 4) is 5.75 Å². The van der Waals surface area contributed by atoms with Gasteiger partial charge < -0.3 is 20.1 Å². The number of para-hydroxylation sites is 3. The van der Waals surface area contributed by atoms with Gasteiger partial charge in [0, 0.05) is 5.70 Å². The van der Waals surface area contributed by atoms with Crippen molar-refractivity contribution in [2.45, 2.75) is 20.5 Å². The second kappa shape index (κ2) is 9.17. The van der Waals surface area contributed by atoms with Crippen LogP contribution in [0.3, 0.4) is 0 Å². The van der Waals surface area contributed by atoms with Crippen LogP contribution in [0, 0.1) is 0 Å². The summed E-state index contributed by atoms with van der Waals surface area (Å²) in [7, 11) is 0. The van der Waals surface area contributed by atoms with E-state index in [1.54, 1.807) is 38.1 Å². The Hall–Kier alpha value is -3.75. The zero-order valence-electron chi connectivity index (χ0n) is 16.2. The zero-order valence-corrected chi connectivity index (χ0v) is 16.2. The van der Waals surface area contributed by atoms with Gasteiger partial charge in [0.05, 0.1) is 23.5 Å². The molecule has 30 heavy (non-hydrogen) atoms. The molecular formula is C21H19F2N3O4. The molecule has 0 bridgehead atoms. The third kappa shape index (κ3) is 4.62. The molecule has 0 saturated heterocycles. The fourth-order valence-electron chi connectivity index (χ4n) is 2.87. The van der Waals surface area contributed by atoms with Gasteiger partial charge in [0.15, 0.2) is 0 Å². The number of halogens is 2. The van der Waals surface area contributed by atoms with Gasteiger partial charge in [0.25, 0.3) is 5.91 Å². The van der Waals surface area contributed by atoms with Crippen LogP contribution in [-0.2, 0) is 9.53 Å². The van der Waals surface area contributed by atoms with E-state index in [1.165, 1.54) is 24.3 Å². The molecule has 1 aliphatic rings. The molecule has 0 aromatic heterocycles. The third-order valence-electron chi connectivity index (χ3n) is 4.13. The number of aliphatic imine (C=N–C) groups is 1. The Morgan fingerprint density at radius 1 is 1.13 bits per heavy atom. The number of alkyl halides is 2. The van der Waals surface area contributed by atoms with E-state index in [0.29, 0.717) is 17.1 Å². The molecule has 2 N–H and O–H groups in total. The quantitative estimate of drug-likeness (QED) is 0.721. The molecule has 7 nitrogen and oxygen atoms in total. The van der Waals surface area contributed by atoms with Crippen molar-refractivity contribution in [3.05, 3.63) is 65.4 Å². The van der Waals surface area contributed by atoms with E-state index in [2.05, 4.69) is 20.4 Å². The molecular weight excluding hydrogens is 396 g/mol. The molecule has 1 heterocycles. The number of allylic oxidation sites excluding steroid dienone is 1. The maximum Gasteiger partial charge on any atom is 0.387 e. The predicted molar refractivity (Wildman–Crippen MR) is 107 cm³/mol. The average molecular weight is 415 g/mol. The minimum absolute atomic E-state index is 0.0219. The molecule has 0 aliphatic carbocycles. The Bertz CT molecular complexity index is 1030. The van der Waals surface area contributed by atoms with Gasteiger partial charge in [-0.05, 0) is 38.1 Å². The largest absolute Gasteiger partial charge is 0.462 e. The summed E-state index contributed by atoms with van der Waals surface area (Å²) in [5.41, 5.74) is 1.40. The van der Waals surface area contributed by atoms with Crippen LogP contribution in [0.2, 0.25) is 0 Å². The summed E-state index contributed by atoms with van der Waals surface area (Å²) in [6.45, 7) is 0.320. The van der Waals surface area contributed by atoms with Crippen LogP contribution in [0.1, 0.15) is 24.2 Å². The molecule has 0 saturated carbocycles. The number of amides is 1. The summed E-state index contributed by atoms with van der Waals surface area (Å²) in [6, 6.07) is 12.6. The lowest BCUT2D eigenvalue weighted by molar-refractivity contribution is -0.137. The minimum Gasteiger partial charge on any atom is -0.462 e. The van der Waals surface area contributed by atoms with Gasteiger partial charge in [-0.2, -0.15) is 8.78 Å². The van der Waals surface area contributed by atoms with Crippen LogP contribution in [0.4, 0.5) is 20.2 Å². The minimum atomic E-state index is -3.09. The number of benzene rings is 2. The Morgan fingerprint density at radius 2 is 1.83 bits per heavy atom. The van der Waals surface area contributed by atoms with E-state index in [1.807, 2.05) is 0 Å². The fraction of sp³-hybridized carbons (Fsp3) is 0.190. The number of hydrogen-bond acceptors (Lipinski definition) is 6. The summed E-state index contributed by atoms with van der Waals surface area (Å²) < 4.78 is 34.9. The van der Waals surface area contributed by atoms with Crippen LogP contribution in [0.15, 0.2) is 64.8 Å². The van der Waals surface area contributed by atoms with Crippen molar-refractivity contribution in [1.29, 1.82) is 0 Å². The van der Waals surface area contributed by atoms with Crippen molar-refractivity contribution in [3.63, 3.8) is 0 Å². The zero-order chi connectivity index (χ0) is 21.7. The molecule has 0 fully saturated rings. The normalized spacial score (nSPS) is 13.0. The standard InChI is InChI=1S/C21H19F2N3O4/c1-3-29-20(28)17-12(2)24-14-9-5-6-10-15(14)25-18(17)26-19(27)13-8-4-7-11-16(13)30-21(22)23/h4-11,21,24H,3H2,1-2H3,(H,25,26,27). The van der Waals surface area contributed by atoms with Crippen LogP contribution < -0.4 is 15.4 Å². The van der Waals surface area contributed by atoms with E-state index in [-0.39, 0.29) is 29.3 Å². The number of esters is 1. The number of fused-ring (bicyclic) bond motifs is 1. The number of anilines is 1. The SMILES string of the molecule is CCOC(=O)C1=C(C)Nc2ccccc2N=C1NC(=O)c1ccccc1OC(F)F. The number of carbonyl (C=O) groups is 2. The van der Waals surface area contributed by atoms with Gasteiger partial charge in [-0.1, -0.05) is 24.3 Å². The first-order valence-corrected chi connectivity index (χ1v) is 9.09. The molecule has 1 amide bonds. The average Bonchev–Trinajstić information content (AvgIpc) is 2.83. The van der Waals surface area contributed by atoms with Gasteiger partial charge in [-0.25, -0.2) is 9.79 Å². The number of hydrogen-bond donors (Lipinski definition) is 2. The molecule has 9 heteroatoms. The lowest BCUT2D eigenvalue weighted by Gasteiger charge is -2.14. The Kier molecular flexibility index (Phi) is 6.41. The molecule has 2 aromatic carbocycles. The van der Waals surface area contributed by atoms with Crippen LogP contribution in [-0.4, -0.2) is 30.9 Å². The second-order valence-corrected chi connectivity index (χ2v) is 6.15. The Morgan fingerprint density at radius 3 is 2.57 bits per heavy atom. The topological polar surface area (TPSA) is 89.0 Å². The van der Waals surface area contributed by atoms with Gasteiger partial charge in [0.2, 0.25) is 0 Å². The summed E-state index contributed by atoms with van der Waals surface area (Å²) >= 11 is 0.